The van der Waals surface area contributed by atoms with Crippen LogP contribution in [0.3, 0.4) is 0 Å². The third-order valence-electron chi connectivity index (χ3n) is 5.31. The predicted molar refractivity (Wildman–Crippen MR) is 106 cm³/mol. The highest BCUT2D eigenvalue weighted by Gasteiger charge is 2.26. The van der Waals surface area contributed by atoms with E-state index in [0.29, 0.717) is 11.7 Å². The Balaban J connectivity index is 1.51. The van der Waals surface area contributed by atoms with Crippen LogP contribution in [0.4, 0.5) is 11.5 Å². The van der Waals surface area contributed by atoms with E-state index < -0.39 is 0 Å². The van der Waals surface area contributed by atoms with Gasteiger partial charge in [-0.25, -0.2) is 0 Å². The van der Waals surface area contributed by atoms with Gasteiger partial charge in [-0.15, -0.1) is 14.8 Å². The molecule has 0 N–H and O–H groups in total. The SMILES string of the molecule is Cc1cccc(N2CCN(c3nn4nnnc4c4ccccc34)C[C@H]2C)c1. The predicted octanol–water partition coefficient (Wildman–Crippen LogP) is 2.70. The summed E-state index contributed by atoms with van der Waals surface area (Å²) < 4.78 is 1.54. The minimum absolute atomic E-state index is 0.380. The molecule has 7 heteroatoms. The molecule has 1 saturated heterocycles. The van der Waals surface area contributed by atoms with Gasteiger partial charge in [0.05, 0.1) is 0 Å². The van der Waals surface area contributed by atoms with E-state index >= 15 is 0 Å². The molecule has 0 amide bonds. The number of fused-ring (bicyclic) bond motifs is 3. The summed E-state index contributed by atoms with van der Waals surface area (Å²) in [4.78, 5) is 4.82. The van der Waals surface area contributed by atoms with Crippen LogP contribution in [0.2, 0.25) is 0 Å². The van der Waals surface area contributed by atoms with Gasteiger partial charge in [0.1, 0.15) is 0 Å². The molecule has 1 fully saturated rings. The van der Waals surface area contributed by atoms with Crippen molar-refractivity contribution in [1.82, 2.24) is 25.3 Å². The lowest BCUT2D eigenvalue weighted by atomic mass is 10.1. The Morgan fingerprint density at radius 3 is 2.67 bits per heavy atom. The maximum absolute atomic E-state index is 4.72. The van der Waals surface area contributed by atoms with Crippen LogP contribution in [0.25, 0.3) is 16.4 Å². The molecule has 0 bridgehead atoms. The summed E-state index contributed by atoms with van der Waals surface area (Å²) in [5.74, 6) is 0.946. The second-order valence-electron chi connectivity index (χ2n) is 7.19. The smallest absolute Gasteiger partial charge is 0.207 e. The van der Waals surface area contributed by atoms with E-state index in [1.165, 1.54) is 15.9 Å². The van der Waals surface area contributed by atoms with Crippen molar-refractivity contribution in [2.24, 2.45) is 0 Å². The maximum atomic E-state index is 4.72. The fourth-order valence-electron chi connectivity index (χ4n) is 4.00. The molecule has 7 nitrogen and oxygen atoms in total. The molecule has 1 aliphatic heterocycles. The number of benzene rings is 2. The first-order valence-corrected chi connectivity index (χ1v) is 9.26. The van der Waals surface area contributed by atoms with Gasteiger partial charge in [-0.3, -0.25) is 0 Å². The molecule has 4 aromatic rings. The highest BCUT2D eigenvalue weighted by molar-refractivity contribution is 6.00. The number of aromatic nitrogens is 5. The molecule has 0 radical (unpaired) electrons. The molecule has 0 aliphatic carbocycles. The lowest BCUT2D eigenvalue weighted by Crippen LogP contribution is -2.52. The molecule has 0 spiro atoms. The second kappa shape index (κ2) is 6.19. The van der Waals surface area contributed by atoms with Crippen LogP contribution in [-0.2, 0) is 0 Å². The van der Waals surface area contributed by atoms with E-state index in [-0.39, 0.29) is 0 Å². The van der Waals surface area contributed by atoms with Crippen LogP contribution in [0, 0.1) is 6.92 Å². The van der Waals surface area contributed by atoms with Gasteiger partial charge in [0.2, 0.25) is 5.65 Å². The minimum atomic E-state index is 0.380. The number of hydrogen-bond acceptors (Lipinski definition) is 6. The number of anilines is 2. The number of rotatable bonds is 2. The first-order valence-electron chi connectivity index (χ1n) is 9.26. The third kappa shape index (κ3) is 2.66. The molecule has 136 valence electrons. The molecular weight excluding hydrogens is 338 g/mol. The van der Waals surface area contributed by atoms with Gasteiger partial charge in [-0.1, -0.05) is 36.4 Å². The van der Waals surface area contributed by atoms with E-state index in [4.69, 9.17) is 5.10 Å². The summed E-state index contributed by atoms with van der Waals surface area (Å²) in [6.07, 6.45) is 0. The van der Waals surface area contributed by atoms with E-state index in [1.54, 1.807) is 0 Å². The average molecular weight is 359 g/mol. The highest BCUT2D eigenvalue weighted by Crippen LogP contribution is 2.29. The van der Waals surface area contributed by atoms with Crippen LogP contribution < -0.4 is 9.80 Å². The van der Waals surface area contributed by atoms with Crippen molar-refractivity contribution >= 4 is 27.9 Å². The Bertz CT molecular complexity index is 1120. The average Bonchev–Trinajstić information content (AvgIpc) is 3.16. The second-order valence-corrected chi connectivity index (χ2v) is 7.19. The van der Waals surface area contributed by atoms with Gasteiger partial charge in [0.25, 0.3) is 0 Å². The zero-order chi connectivity index (χ0) is 18.4. The largest absolute Gasteiger partial charge is 0.365 e. The Hall–Kier alpha value is -3.22. The molecule has 0 unspecified atom stereocenters. The Morgan fingerprint density at radius 2 is 1.85 bits per heavy atom. The summed E-state index contributed by atoms with van der Waals surface area (Å²) in [5, 5.41) is 18.8. The van der Waals surface area contributed by atoms with Crippen LogP contribution in [0.15, 0.2) is 48.5 Å². The molecule has 27 heavy (non-hydrogen) atoms. The molecule has 2 aromatic carbocycles. The van der Waals surface area contributed by atoms with Gasteiger partial charge in [0, 0.05) is 42.1 Å². The summed E-state index contributed by atoms with van der Waals surface area (Å²) in [5.41, 5.74) is 3.27. The van der Waals surface area contributed by atoms with Crippen molar-refractivity contribution in [3.05, 3.63) is 54.1 Å². The van der Waals surface area contributed by atoms with Gasteiger partial charge in [-0.2, -0.15) is 0 Å². The number of tetrazole rings is 1. The molecule has 0 saturated carbocycles. The zero-order valence-corrected chi connectivity index (χ0v) is 15.4. The van der Waals surface area contributed by atoms with Crippen molar-refractivity contribution in [2.45, 2.75) is 19.9 Å². The number of hydrogen-bond donors (Lipinski definition) is 0. The fourth-order valence-corrected chi connectivity index (χ4v) is 4.00. The van der Waals surface area contributed by atoms with Gasteiger partial charge in [0.15, 0.2) is 5.82 Å². The maximum Gasteiger partial charge on any atom is 0.207 e. The zero-order valence-electron chi connectivity index (χ0n) is 15.4. The first kappa shape index (κ1) is 16.0. The quantitative estimate of drug-likeness (QED) is 0.548. The van der Waals surface area contributed by atoms with E-state index in [0.717, 1.165) is 36.2 Å². The Labute approximate surface area is 157 Å². The van der Waals surface area contributed by atoms with Crippen molar-refractivity contribution in [2.75, 3.05) is 29.4 Å². The number of piperazine rings is 1. The Morgan fingerprint density at radius 1 is 1.00 bits per heavy atom. The summed E-state index contributed by atoms with van der Waals surface area (Å²) >= 11 is 0. The van der Waals surface area contributed by atoms with E-state index in [1.807, 2.05) is 12.1 Å². The topological polar surface area (TPSA) is 62.5 Å². The number of nitrogens with zero attached hydrogens (tertiary/aromatic N) is 7. The van der Waals surface area contributed by atoms with Gasteiger partial charge in [-0.05, 0) is 42.0 Å². The molecule has 5 rings (SSSR count). The molecular formula is C20H21N7. The van der Waals surface area contributed by atoms with E-state index in [9.17, 15) is 0 Å². The lowest BCUT2D eigenvalue weighted by molar-refractivity contribution is 0.544. The summed E-state index contributed by atoms with van der Waals surface area (Å²) in [6, 6.07) is 17.3. The van der Waals surface area contributed by atoms with Crippen LogP contribution >= 0.6 is 0 Å². The molecule has 2 aromatic heterocycles. The van der Waals surface area contributed by atoms with Crippen LogP contribution in [0.1, 0.15) is 12.5 Å². The highest BCUT2D eigenvalue weighted by atomic mass is 15.6. The normalized spacial score (nSPS) is 17.8. The van der Waals surface area contributed by atoms with Crippen molar-refractivity contribution in [1.29, 1.82) is 0 Å². The van der Waals surface area contributed by atoms with Crippen LogP contribution in [-0.4, -0.2) is 50.9 Å². The summed E-state index contributed by atoms with van der Waals surface area (Å²) in [6.45, 7) is 7.17. The summed E-state index contributed by atoms with van der Waals surface area (Å²) in [7, 11) is 0. The van der Waals surface area contributed by atoms with Gasteiger partial charge < -0.3 is 9.80 Å². The standard InChI is InChI=1S/C20H21N7/c1-14-6-5-7-16(12-14)26-11-10-25(13-15(26)2)20-18-9-4-3-8-17(18)19-21-23-24-27(19)22-20/h3-9,12,15H,10-11,13H2,1-2H3/t15-/m1/s1. The fraction of sp³-hybridized carbons (Fsp3) is 0.300. The molecule has 1 aliphatic rings. The van der Waals surface area contributed by atoms with Gasteiger partial charge >= 0.3 is 0 Å². The lowest BCUT2D eigenvalue weighted by Gasteiger charge is -2.42. The third-order valence-corrected chi connectivity index (χ3v) is 5.31. The minimum Gasteiger partial charge on any atom is -0.365 e. The van der Waals surface area contributed by atoms with Crippen molar-refractivity contribution in [3.63, 3.8) is 0 Å². The Kier molecular flexibility index (Phi) is 3.67. The monoisotopic (exact) mass is 359 g/mol. The van der Waals surface area contributed by atoms with Crippen molar-refractivity contribution in [3.8, 4) is 0 Å². The van der Waals surface area contributed by atoms with Crippen molar-refractivity contribution < 1.29 is 0 Å². The number of aryl methyl sites for hydroxylation is 1. The first-order chi connectivity index (χ1) is 13.2. The van der Waals surface area contributed by atoms with E-state index in [2.05, 4.69) is 75.6 Å². The molecule has 1 atom stereocenters. The van der Waals surface area contributed by atoms with Crippen LogP contribution in [0.5, 0.6) is 0 Å². The molecule has 3 heterocycles.